The first-order valence-corrected chi connectivity index (χ1v) is 7.22. The molecule has 112 valence electrons. The number of carbonyl (C=O) groups is 2. The molecule has 1 heterocycles. The van der Waals surface area contributed by atoms with Crippen LogP contribution in [-0.2, 0) is 4.79 Å². The highest BCUT2D eigenvalue weighted by molar-refractivity contribution is 5.75. The number of urea groups is 1. The van der Waals surface area contributed by atoms with Crippen LogP contribution in [0.1, 0.15) is 19.3 Å². The van der Waals surface area contributed by atoms with E-state index in [9.17, 15) is 9.59 Å². The Labute approximate surface area is 119 Å². The number of hydrogen-bond donors (Lipinski definition) is 1. The number of nitrogens with zero attached hydrogens (tertiary/aromatic N) is 3. The Morgan fingerprint density at radius 2 is 1.90 bits per heavy atom. The van der Waals surface area contributed by atoms with Crippen molar-refractivity contribution in [3.05, 3.63) is 12.7 Å². The van der Waals surface area contributed by atoms with Gasteiger partial charge >= 0.3 is 12.0 Å². The predicted octanol–water partition coefficient (Wildman–Crippen LogP) is 0.849. The van der Waals surface area contributed by atoms with Crippen molar-refractivity contribution >= 4 is 12.0 Å². The molecule has 0 aromatic heterocycles. The Hall–Kier alpha value is -1.56. The van der Waals surface area contributed by atoms with Crippen LogP contribution in [0.5, 0.6) is 0 Å². The van der Waals surface area contributed by atoms with Crippen LogP contribution in [0.4, 0.5) is 4.79 Å². The minimum atomic E-state index is -0.769. The molecule has 0 bridgehead atoms. The molecule has 0 unspecified atom stereocenters. The van der Waals surface area contributed by atoms with Gasteiger partial charge in [-0.3, -0.25) is 9.69 Å². The van der Waals surface area contributed by atoms with E-state index >= 15 is 0 Å². The molecule has 2 fully saturated rings. The lowest BCUT2D eigenvalue weighted by atomic mass is 10.3. The quantitative estimate of drug-likeness (QED) is 0.733. The van der Waals surface area contributed by atoms with Crippen LogP contribution in [-0.4, -0.2) is 77.1 Å². The number of carboxylic acids is 1. The lowest BCUT2D eigenvalue weighted by molar-refractivity contribution is -0.137. The number of amides is 2. The number of carbonyl (C=O) groups excluding carboxylic acids is 1. The van der Waals surface area contributed by atoms with Crippen molar-refractivity contribution in [1.29, 1.82) is 0 Å². The van der Waals surface area contributed by atoms with Crippen molar-refractivity contribution in [1.82, 2.24) is 14.7 Å². The summed E-state index contributed by atoms with van der Waals surface area (Å²) < 4.78 is 0. The van der Waals surface area contributed by atoms with Gasteiger partial charge in [0.05, 0.1) is 6.42 Å². The Kier molecular flexibility index (Phi) is 5.00. The van der Waals surface area contributed by atoms with Gasteiger partial charge in [-0.05, 0) is 12.8 Å². The monoisotopic (exact) mass is 281 g/mol. The molecular formula is C14H23N3O3. The molecule has 1 N–H and O–H groups in total. The van der Waals surface area contributed by atoms with E-state index in [4.69, 9.17) is 5.11 Å². The summed E-state index contributed by atoms with van der Waals surface area (Å²) in [5.41, 5.74) is 0. The molecule has 20 heavy (non-hydrogen) atoms. The van der Waals surface area contributed by atoms with Crippen molar-refractivity contribution < 1.29 is 14.7 Å². The van der Waals surface area contributed by atoms with Crippen molar-refractivity contribution in [2.24, 2.45) is 0 Å². The molecule has 2 rings (SSSR count). The smallest absolute Gasteiger partial charge is 0.320 e. The molecule has 0 radical (unpaired) electrons. The zero-order chi connectivity index (χ0) is 14.5. The number of piperazine rings is 1. The molecule has 0 aromatic carbocycles. The second-order valence-corrected chi connectivity index (χ2v) is 5.43. The van der Waals surface area contributed by atoms with Crippen LogP contribution in [0.3, 0.4) is 0 Å². The fraction of sp³-hybridized carbons (Fsp3) is 0.714. The van der Waals surface area contributed by atoms with Crippen molar-refractivity contribution in [2.45, 2.75) is 25.3 Å². The van der Waals surface area contributed by atoms with Gasteiger partial charge in [0.15, 0.2) is 0 Å². The van der Waals surface area contributed by atoms with Gasteiger partial charge in [-0.25, -0.2) is 4.79 Å². The number of aliphatic carboxylic acids is 1. The molecule has 0 atom stereocenters. The third kappa shape index (κ3) is 3.96. The molecule has 2 aliphatic rings. The topological polar surface area (TPSA) is 64.1 Å². The molecule has 1 aliphatic carbocycles. The fourth-order valence-corrected chi connectivity index (χ4v) is 2.51. The number of rotatable bonds is 6. The van der Waals surface area contributed by atoms with Crippen LogP contribution in [0.25, 0.3) is 0 Å². The second-order valence-electron chi connectivity index (χ2n) is 5.43. The number of carboxylic acid groups (broad SMARTS) is 1. The molecule has 2 amide bonds. The third-order valence-electron chi connectivity index (χ3n) is 3.84. The van der Waals surface area contributed by atoms with E-state index in [1.807, 2.05) is 9.80 Å². The summed E-state index contributed by atoms with van der Waals surface area (Å²) in [5, 5.41) is 8.68. The van der Waals surface area contributed by atoms with Gasteiger partial charge in [0, 0.05) is 45.3 Å². The van der Waals surface area contributed by atoms with E-state index in [0.717, 1.165) is 25.9 Å². The first-order chi connectivity index (χ1) is 9.61. The highest BCUT2D eigenvalue weighted by Gasteiger charge is 2.34. The van der Waals surface area contributed by atoms with Gasteiger partial charge in [-0.15, -0.1) is 6.58 Å². The molecular weight excluding hydrogens is 258 g/mol. The minimum Gasteiger partial charge on any atom is -0.481 e. The van der Waals surface area contributed by atoms with Gasteiger partial charge in [-0.1, -0.05) is 6.08 Å². The summed E-state index contributed by atoms with van der Waals surface area (Å²) in [7, 11) is 0. The van der Waals surface area contributed by atoms with Crippen LogP contribution in [0, 0.1) is 0 Å². The Morgan fingerprint density at radius 3 is 2.40 bits per heavy atom. The first-order valence-electron chi connectivity index (χ1n) is 7.22. The van der Waals surface area contributed by atoms with E-state index < -0.39 is 5.97 Å². The van der Waals surface area contributed by atoms with Crippen LogP contribution < -0.4 is 0 Å². The van der Waals surface area contributed by atoms with Gasteiger partial charge in [-0.2, -0.15) is 0 Å². The molecule has 6 nitrogen and oxygen atoms in total. The van der Waals surface area contributed by atoms with Gasteiger partial charge in [0.1, 0.15) is 0 Å². The molecule has 6 heteroatoms. The lowest BCUT2D eigenvalue weighted by Gasteiger charge is -2.37. The molecule has 0 spiro atoms. The first kappa shape index (κ1) is 14.8. The second kappa shape index (κ2) is 6.74. The average molecular weight is 281 g/mol. The molecule has 1 aliphatic heterocycles. The lowest BCUT2D eigenvalue weighted by Crippen LogP contribution is -2.53. The molecule has 1 saturated carbocycles. The Bertz CT molecular complexity index is 374. The van der Waals surface area contributed by atoms with Gasteiger partial charge in [0.2, 0.25) is 0 Å². The summed E-state index contributed by atoms with van der Waals surface area (Å²) in [6.45, 7) is 7.76. The average Bonchev–Trinajstić information content (AvgIpc) is 3.27. The van der Waals surface area contributed by atoms with E-state index in [0.29, 0.717) is 32.2 Å². The third-order valence-corrected chi connectivity index (χ3v) is 3.84. The van der Waals surface area contributed by atoms with E-state index in [1.54, 1.807) is 6.08 Å². The van der Waals surface area contributed by atoms with Crippen LogP contribution in [0.15, 0.2) is 12.7 Å². The maximum absolute atomic E-state index is 12.4. The Balaban J connectivity index is 1.78. The molecule has 0 aromatic rings. The molecule has 1 saturated heterocycles. The summed E-state index contributed by atoms with van der Waals surface area (Å²) in [4.78, 5) is 28.9. The largest absolute Gasteiger partial charge is 0.481 e. The van der Waals surface area contributed by atoms with E-state index in [2.05, 4.69) is 11.5 Å². The van der Waals surface area contributed by atoms with Crippen LogP contribution in [0.2, 0.25) is 0 Å². The minimum absolute atomic E-state index is 0.102. The summed E-state index contributed by atoms with van der Waals surface area (Å²) >= 11 is 0. The van der Waals surface area contributed by atoms with Gasteiger partial charge < -0.3 is 14.9 Å². The summed E-state index contributed by atoms with van der Waals surface area (Å²) in [6, 6.07) is 0.496. The van der Waals surface area contributed by atoms with Crippen molar-refractivity contribution in [3.8, 4) is 0 Å². The maximum Gasteiger partial charge on any atom is 0.320 e. The SMILES string of the molecule is C=CCN(C(=O)N1CCN(CCC(=O)O)CC1)C1CC1. The standard InChI is InChI=1S/C14H23N3O3/c1-2-6-17(12-3-4-12)14(20)16-10-8-15(9-11-16)7-5-13(18)19/h2,12H,1,3-11H2,(H,18,19). The summed E-state index contributed by atoms with van der Waals surface area (Å²) in [5.74, 6) is -0.769. The van der Waals surface area contributed by atoms with Crippen LogP contribution >= 0.6 is 0 Å². The normalized spacial score (nSPS) is 19.7. The number of hydrogen-bond acceptors (Lipinski definition) is 3. The van der Waals surface area contributed by atoms with E-state index in [-0.39, 0.29) is 12.5 Å². The van der Waals surface area contributed by atoms with Gasteiger partial charge in [0.25, 0.3) is 0 Å². The zero-order valence-corrected chi connectivity index (χ0v) is 11.8. The fourth-order valence-electron chi connectivity index (χ4n) is 2.51. The Morgan fingerprint density at radius 1 is 1.25 bits per heavy atom. The highest BCUT2D eigenvalue weighted by Crippen LogP contribution is 2.27. The predicted molar refractivity (Wildman–Crippen MR) is 75.6 cm³/mol. The highest BCUT2D eigenvalue weighted by atomic mass is 16.4. The maximum atomic E-state index is 12.4. The van der Waals surface area contributed by atoms with E-state index in [1.165, 1.54) is 0 Å². The van der Waals surface area contributed by atoms with Crippen molar-refractivity contribution in [3.63, 3.8) is 0 Å². The zero-order valence-electron chi connectivity index (χ0n) is 11.8. The summed E-state index contributed by atoms with van der Waals surface area (Å²) in [6.07, 6.45) is 4.13. The van der Waals surface area contributed by atoms with Crippen molar-refractivity contribution in [2.75, 3.05) is 39.3 Å².